The third kappa shape index (κ3) is 2.39. The summed E-state index contributed by atoms with van der Waals surface area (Å²) >= 11 is 0. The average molecular weight is 267 g/mol. The molecule has 2 aromatic carbocycles. The predicted molar refractivity (Wildman–Crippen MR) is 80.1 cm³/mol. The molecule has 1 atom stereocenters. The Morgan fingerprint density at radius 3 is 2.85 bits per heavy atom. The van der Waals surface area contributed by atoms with Crippen LogP contribution in [0, 0.1) is 0 Å². The van der Waals surface area contributed by atoms with E-state index in [0.29, 0.717) is 13.0 Å². The predicted octanol–water partition coefficient (Wildman–Crippen LogP) is 3.11. The van der Waals surface area contributed by atoms with Gasteiger partial charge in [0, 0.05) is 12.6 Å². The van der Waals surface area contributed by atoms with E-state index in [0.717, 1.165) is 11.1 Å². The Kier molecular flexibility index (Phi) is 3.42. The Bertz CT molecular complexity index is 675. The lowest BCUT2D eigenvalue weighted by molar-refractivity contribution is -0.145. The monoisotopic (exact) mass is 267 g/mol. The van der Waals surface area contributed by atoms with Crippen molar-refractivity contribution in [1.82, 2.24) is 5.32 Å². The number of esters is 1. The number of hydrogen-bond acceptors (Lipinski definition) is 3. The molecule has 3 rings (SSSR count). The molecule has 0 amide bonds. The van der Waals surface area contributed by atoms with Crippen molar-refractivity contribution >= 4 is 22.3 Å². The smallest absolute Gasteiger partial charge is 0.328 e. The molecule has 0 bridgehead atoms. The van der Waals surface area contributed by atoms with Crippen LogP contribution in [0.4, 0.5) is 0 Å². The molecule has 0 spiro atoms. The van der Waals surface area contributed by atoms with Gasteiger partial charge in [0.15, 0.2) is 0 Å². The molecule has 20 heavy (non-hydrogen) atoms. The van der Waals surface area contributed by atoms with Crippen molar-refractivity contribution in [3.8, 4) is 0 Å². The second-order valence-corrected chi connectivity index (χ2v) is 4.91. The van der Waals surface area contributed by atoms with E-state index in [1.54, 1.807) is 0 Å². The first-order valence-corrected chi connectivity index (χ1v) is 6.89. The van der Waals surface area contributed by atoms with Crippen molar-refractivity contribution in [3.63, 3.8) is 0 Å². The molecule has 1 heterocycles. The first-order valence-electron chi connectivity index (χ1n) is 6.89. The highest BCUT2D eigenvalue weighted by atomic mass is 16.5. The highest BCUT2D eigenvalue weighted by Gasteiger charge is 2.25. The molecule has 2 aromatic rings. The minimum Gasteiger partial charge on any atom is -0.464 e. The van der Waals surface area contributed by atoms with E-state index in [1.165, 1.54) is 10.8 Å². The number of fused-ring (bicyclic) bond motifs is 1. The minimum atomic E-state index is -0.253. The lowest BCUT2D eigenvalue weighted by Crippen LogP contribution is -2.31. The van der Waals surface area contributed by atoms with E-state index in [1.807, 2.05) is 25.3 Å². The van der Waals surface area contributed by atoms with Crippen LogP contribution in [-0.4, -0.2) is 18.6 Å². The summed E-state index contributed by atoms with van der Waals surface area (Å²) in [4.78, 5) is 11.7. The number of nitrogens with one attached hydrogen (secondary N) is 1. The van der Waals surface area contributed by atoms with Gasteiger partial charge in [0.25, 0.3) is 0 Å². The summed E-state index contributed by atoms with van der Waals surface area (Å²) < 4.78 is 5.05. The molecule has 3 heteroatoms. The van der Waals surface area contributed by atoms with Crippen molar-refractivity contribution in [2.75, 3.05) is 6.61 Å². The zero-order valence-electron chi connectivity index (χ0n) is 11.4. The fraction of sp³-hybridized carbons (Fsp3) is 0.235. The van der Waals surface area contributed by atoms with Gasteiger partial charge in [0.2, 0.25) is 0 Å². The number of carbonyl (C=O) groups excluding carboxylic acids is 1. The van der Waals surface area contributed by atoms with Gasteiger partial charge in [-0.25, -0.2) is 4.79 Å². The number of carbonyl (C=O) groups is 1. The highest BCUT2D eigenvalue weighted by Crippen LogP contribution is 2.27. The maximum atomic E-state index is 11.7. The van der Waals surface area contributed by atoms with Crippen molar-refractivity contribution in [2.24, 2.45) is 0 Å². The van der Waals surface area contributed by atoms with E-state index in [4.69, 9.17) is 4.74 Å². The van der Waals surface area contributed by atoms with Gasteiger partial charge < -0.3 is 10.1 Å². The van der Waals surface area contributed by atoms with Gasteiger partial charge in [-0.1, -0.05) is 36.4 Å². The fourth-order valence-electron chi connectivity index (χ4n) is 2.52. The van der Waals surface area contributed by atoms with Crippen LogP contribution in [0.3, 0.4) is 0 Å². The van der Waals surface area contributed by atoms with Crippen molar-refractivity contribution in [3.05, 3.63) is 54.2 Å². The van der Waals surface area contributed by atoms with Crippen LogP contribution in [0.2, 0.25) is 0 Å². The van der Waals surface area contributed by atoms with Crippen LogP contribution in [-0.2, 0) is 9.53 Å². The Morgan fingerprint density at radius 2 is 2.05 bits per heavy atom. The summed E-state index contributed by atoms with van der Waals surface area (Å²) in [7, 11) is 0. The first-order chi connectivity index (χ1) is 9.78. The van der Waals surface area contributed by atoms with Gasteiger partial charge in [-0.2, -0.15) is 0 Å². The Morgan fingerprint density at radius 1 is 1.25 bits per heavy atom. The summed E-state index contributed by atoms with van der Waals surface area (Å²) in [6.07, 6.45) is 2.60. The molecule has 3 nitrogen and oxygen atoms in total. The van der Waals surface area contributed by atoms with E-state index >= 15 is 0 Å². The fourth-order valence-corrected chi connectivity index (χ4v) is 2.52. The molecule has 1 aliphatic rings. The summed E-state index contributed by atoms with van der Waals surface area (Å²) in [5.41, 5.74) is 2.30. The number of rotatable bonds is 3. The summed E-state index contributed by atoms with van der Waals surface area (Å²) in [6.45, 7) is 2.24. The van der Waals surface area contributed by atoms with Gasteiger partial charge in [0.05, 0.1) is 6.61 Å². The van der Waals surface area contributed by atoms with Crippen LogP contribution in [0.1, 0.15) is 18.9 Å². The van der Waals surface area contributed by atoms with Gasteiger partial charge in [-0.05, 0) is 34.9 Å². The molecular formula is C17H17NO2. The summed E-state index contributed by atoms with van der Waals surface area (Å²) in [5, 5.41) is 5.54. The molecule has 1 unspecified atom stereocenters. The molecule has 0 fully saturated rings. The Hall–Kier alpha value is -2.29. The highest BCUT2D eigenvalue weighted by molar-refractivity contribution is 5.88. The van der Waals surface area contributed by atoms with E-state index in [9.17, 15) is 4.79 Å². The van der Waals surface area contributed by atoms with Crippen LogP contribution >= 0.6 is 0 Å². The topological polar surface area (TPSA) is 38.3 Å². The van der Waals surface area contributed by atoms with E-state index in [2.05, 4.69) is 35.6 Å². The molecule has 0 saturated carbocycles. The third-order valence-corrected chi connectivity index (χ3v) is 3.57. The third-order valence-electron chi connectivity index (χ3n) is 3.57. The van der Waals surface area contributed by atoms with Gasteiger partial charge in [-0.15, -0.1) is 0 Å². The van der Waals surface area contributed by atoms with Crippen LogP contribution in [0.5, 0.6) is 0 Å². The standard InChI is InChI=1S/C17H17NO2/c1-2-20-17(19)16-10-15(11-18-16)14-8-7-12-5-3-4-6-13(12)9-14/h3-9,11,16,18H,2,10H2,1H3. The molecule has 1 aliphatic heterocycles. The number of hydrogen-bond donors (Lipinski definition) is 1. The normalized spacial score (nSPS) is 17.6. The maximum absolute atomic E-state index is 11.7. The molecule has 1 N–H and O–H groups in total. The molecule has 0 aliphatic carbocycles. The molecular weight excluding hydrogens is 250 g/mol. The van der Waals surface area contributed by atoms with E-state index in [-0.39, 0.29) is 12.0 Å². The zero-order valence-corrected chi connectivity index (χ0v) is 11.4. The SMILES string of the molecule is CCOC(=O)C1CC(c2ccc3ccccc3c2)=CN1. The Labute approximate surface area is 118 Å². The van der Waals surface area contributed by atoms with Crippen LogP contribution in [0.15, 0.2) is 48.7 Å². The molecule has 0 radical (unpaired) electrons. The molecule has 102 valence electrons. The molecule has 0 saturated heterocycles. The van der Waals surface area contributed by atoms with Crippen LogP contribution in [0.25, 0.3) is 16.3 Å². The second-order valence-electron chi connectivity index (χ2n) is 4.91. The minimum absolute atomic E-state index is 0.181. The van der Waals surface area contributed by atoms with E-state index < -0.39 is 0 Å². The van der Waals surface area contributed by atoms with Gasteiger partial charge in [0.1, 0.15) is 6.04 Å². The number of ether oxygens (including phenoxy) is 1. The Balaban J connectivity index is 1.81. The lowest BCUT2D eigenvalue weighted by Gasteiger charge is -2.10. The first kappa shape index (κ1) is 12.7. The van der Waals surface area contributed by atoms with Crippen molar-refractivity contribution < 1.29 is 9.53 Å². The quantitative estimate of drug-likeness (QED) is 0.868. The lowest BCUT2D eigenvalue weighted by atomic mass is 9.99. The molecule has 0 aromatic heterocycles. The van der Waals surface area contributed by atoms with Crippen LogP contribution < -0.4 is 5.32 Å². The number of benzene rings is 2. The average Bonchev–Trinajstić information content (AvgIpc) is 2.97. The maximum Gasteiger partial charge on any atom is 0.328 e. The zero-order chi connectivity index (χ0) is 13.9. The second kappa shape index (κ2) is 5.37. The largest absolute Gasteiger partial charge is 0.464 e. The summed E-state index contributed by atoms with van der Waals surface area (Å²) in [6, 6.07) is 14.4. The van der Waals surface area contributed by atoms with Gasteiger partial charge in [-0.3, -0.25) is 0 Å². The van der Waals surface area contributed by atoms with Crippen molar-refractivity contribution in [2.45, 2.75) is 19.4 Å². The summed E-state index contributed by atoms with van der Waals surface area (Å²) in [5.74, 6) is -0.181. The van der Waals surface area contributed by atoms with Gasteiger partial charge >= 0.3 is 5.97 Å². The van der Waals surface area contributed by atoms with Crippen molar-refractivity contribution in [1.29, 1.82) is 0 Å².